The maximum absolute atomic E-state index is 6.26. The third-order valence-corrected chi connectivity index (χ3v) is 12.5. The van der Waals surface area contributed by atoms with Gasteiger partial charge < -0.3 is 4.42 Å². The number of nitrogens with zero attached hydrogens (tertiary/aromatic N) is 3. The van der Waals surface area contributed by atoms with Crippen LogP contribution < -0.4 is 0 Å². The summed E-state index contributed by atoms with van der Waals surface area (Å²) < 4.78 is 8.69. The first kappa shape index (κ1) is 32.7. The maximum atomic E-state index is 6.26. The highest BCUT2D eigenvalue weighted by Crippen LogP contribution is 2.48. The molecule has 12 aromatic rings. The molecule has 0 amide bonds. The highest BCUT2D eigenvalue weighted by atomic mass is 32.1. The lowest BCUT2D eigenvalue weighted by atomic mass is 9.92. The van der Waals surface area contributed by atoms with Crippen molar-refractivity contribution < 1.29 is 4.42 Å². The Morgan fingerprint density at radius 3 is 1.83 bits per heavy atom. The first-order valence-corrected chi connectivity index (χ1v) is 20.2. The second-order valence-electron chi connectivity index (χ2n) is 14.7. The Morgan fingerprint density at radius 1 is 0.379 bits per heavy atom. The molecule has 0 radical (unpaired) electrons. The molecule has 0 atom stereocenters. The predicted octanol–water partition coefficient (Wildman–Crippen LogP) is 14.8. The lowest BCUT2D eigenvalue weighted by Gasteiger charge is -2.15. The third-order valence-electron chi connectivity index (χ3n) is 11.3. The van der Waals surface area contributed by atoms with Crippen LogP contribution in [-0.4, -0.2) is 15.0 Å². The van der Waals surface area contributed by atoms with E-state index in [4.69, 9.17) is 19.4 Å². The molecule has 12 rings (SSSR count). The summed E-state index contributed by atoms with van der Waals surface area (Å²) in [5, 5.41) is 8.01. The molecule has 0 N–H and O–H groups in total. The zero-order valence-corrected chi connectivity index (χ0v) is 31.9. The zero-order valence-electron chi connectivity index (χ0n) is 31.1. The van der Waals surface area contributed by atoms with Gasteiger partial charge in [-0.25, -0.2) is 15.0 Å². The van der Waals surface area contributed by atoms with Crippen molar-refractivity contribution in [3.63, 3.8) is 0 Å². The van der Waals surface area contributed by atoms with E-state index in [0.717, 1.165) is 83.1 Å². The molecule has 0 unspecified atom stereocenters. The lowest BCUT2D eigenvalue weighted by molar-refractivity contribution is 0.669. The molecule has 0 saturated heterocycles. The summed E-state index contributed by atoms with van der Waals surface area (Å²) in [5.74, 6) is 0.684. The number of hydrogen-bond donors (Lipinski definition) is 0. The van der Waals surface area contributed by atoms with Crippen LogP contribution in [-0.2, 0) is 0 Å². The van der Waals surface area contributed by atoms with Gasteiger partial charge in [0.25, 0.3) is 0 Å². The number of para-hydroxylation sites is 2. The van der Waals surface area contributed by atoms with Crippen LogP contribution in [0.1, 0.15) is 0 Å². The molecule has 0 spiro atoms. The van der Waals surface area contributed by atoms with Crippen molar-refractivity contribution in [1.82, 2.24) is 15.0 Å². The first-order valence-electron chi connectivity index (χ1n) is 19.4. The number of pyridine rings is 1. The predicted molar refractivity (Wildman–Crippen MR) is 242 cm³/mol. The second-order valence-corrected chi connectivity index (χ2v) is 15.8. The number of fused-ring (bicyclic) bond motifs is 10. The van der Waals surface area contributed by atoms with E-state index in [1.54, 1.807) is 0 Å². The van der Waals surface area contributed by atoms with Gasteiger partial charge in [0.05, 0.1) is 22.6 Å². The summed E-state index contributed by atoms with van der Waals surface area (Å²) in [6.45, 7) is 0. The molecule has 58 heavy (non-hydrogen) atoms. The van der Waals surface area contributed by atoms with E-state index in [0.29, 0.717) is 5.82 Å². The smallest absolute Gasteiger partial charge is 0.160 e. The second kappa shape index (κ2) is 13.1. The van der Waals surface area contributed by atoms with Gasteiger partial charge in [-0.1, -0.05) is 140 Å². The Hall–Kier alpha value is -7.47. The van der Waals surface area contributed by atoms with Crippen LogP contribution >= 0.6 is 11.3 Å². The normalized spacial score (nSPS) is 11.8. The molecule has 0 aliphatic carbocycles. The van der Waals surface area contributed by atoms with Crippen LogP contribution in [0.15, 0.2) is 192 Å². The molecule has 270 valence electrons. The van der Waals surface area contributed by atoms with Crippen LogP contribution in [0.2, 0.25) is 0 Å². The summed E-state index contributed by atoms with van der Waals surface area (Å²) in [6.07, 6.45) is 0. The quantitative estimate of drug-likeness (QED) is 0.164. The minimum Gasteiger partial charge on any atom is -0.456 e. The third kappa shape index (κ3) is 5.25. The number of aromatic nitrogens is 3. The molecule has 0 bridgehead atoms. The van der Waals surface area contributed by atoms with Crippen LogP contribution in [0.3, 0.4) is 0 Å². The van der Waals surface area contributed by atoms with E-state index in [1.807, 2.05) is 47.7 Å². The standard InChI is InChI=1S/C53H31N3OS/c1-3-13-32(14-4-1)33-23-25-34(26-24-33)44-31-45(56-53(55-44)35-15-5-2-6-16-35)41-30-42-49(50-39-19-9-12-22-48(39)58-52(41)50)38-18-7-10-20-43(38)54-51(42)36-27-28-47-40(29-36)37-17-8-11-21-46(37)57-47/h1-31H. The van der Waals surface area contributed by atoms with E-state index in [1.165, 1.54) is 31.1 Å². The van der Waals surface area contributed by atoms with E-state index >= 15 is 0 Å². The summed E-state index contributed by atoms with van der Waals surface area (Å²) in [4.78, 5) is 16.1. The topological polar surface area (TPSA) is 51.8 Å². The largest absolute Gasteiger partial charge is 0.456 e. The van der Waals surface area contributed by atoms with Gasteiger partial charge in [0.15, 0.2) is 5.82 Å². The average Bonchev–Trinajstić information content (AvgIpc) is 3.88. The molecule has 0 saturated carbocycles. The molecule has 4 nitrogen and oxygen atoms in total. The van der Waals surface area contributed by atoms with E-state index in [9.17, 15) is 0 Å². The minimum atomic E-state index is 0.684. The number of benzene rings is 8. The molecular weight excluding hydrogens is 727 g/mol. The Labute approximate surface area is 337 Å². The molecule has 0 aliphatic heterocycles. The van der Waals surface area contributed by atoms with Gasteiger partial charge in [-0.3, -0.25) is 0 Å². The van der Waals surface area contributed by atoms with Crippen LogP contribution in [0, 0.1) is 0 Å². The van der Waals surface area contributed by atoms with E-state index in [2.05, 4.69) is 152 Å². The van der Waals surface area contributed by atoms with E-state index in [-0.39, 0.29) is 0 Å². The molecule has 0 aliphatic rings. The number of thiophene rings is 1. The first-order chi connectivity index (χ1) is 28.7. The number of hydrogen-bond acceptors (Lipinski definition) is 5. The summed E-state index contributed by atoms with van der Waals surface area (Å²) >= 11 is 1.82. The summed E-state index contributed by atoms with van der Waals surface area (Å²) in [5.41, 5.74) is 11.8. The van der Waals surface area contributed by atoms with Crippen LogP contribution in [0.5, 0.6) is 0 Å². The molecule has 8 aromatic carbocycles. The van der Waals surface area contributed by atoms with E-state index < -0.39 is 0 Å². The fourth-order valence-corrected chi connectivity index (χ4v) is 9.76. The van der Waals surface area contributed by atoms with Gasteiger partial charge in [0.1, 0.15) is 11.2 Å². The molecule has 4 aromatic heterocycles. The van der Waals surface area contributed by atoms with Crippen molar-refractivity contribution in [2.24, 2.45) is 0 Å². The van der Waals surface area contributed by atoms with Gasteiger partial charge in [-0.2, -0.15) is 0 Å². The number of rotatable bonds is 5. The minimum absolute atomic E-state index is 0.684. The fourth-order valence-electron chi connectivity index (χ4n) is 8.53. The Balaban J connectivity index is 1.17. The maximum Gasteiger partial charge on any atom is 0.160 e. The highest BCUT2D eigenvalue weighted by molar-refractivity contribution is 7.26. The van der Waals surface area contributed by atoms with Gasteiger partial charge in [-0.15, -0.1) is 11.3 Å². The Bertz CT molecular complexity index is 3550. The van der Waals surface area contributed by atoms with Gasteiger partial charge in [0.2, 0.25) is 0 Å². The number of furan rings is 1. The average molecular weight is 758 g/mol. The molecule has 0 fully saturated rings. The lowest BCUT2D eigenvalue weighted by Crippen LogP contribution is -1.97. The van der Waals surface area contributed by atoms with Gasteiger partial charge in [0, 0.05) is 69.4 Å². The molecule has 4 heterocycles. The fraction of sp³-hybridized carbons (Fsp3) is 0. The zero-order chi connectivity index (χ0) is 38.2. The highest BCUT2D eigenvalue weighted by Gasteiger charge is 2.22. The van der Waals surface area contributed by atoms with Crippen molar-refractivity contribution in [3.8, 4) is 56.3 Å². The molecule has 5 heteroatoms. The Kier molecular flexibility index (Phi) is 7.37. The van der Waals surface area contributed by atoms with Gasteiger partial charge >= 0.3 is 0 Å². The summed E-state index contributed by atoms with van der Waals surface area (Å²) in [6, 6.07) is 66.0. The van der Waals surface area contributed by atoms with Crippen molar-refractivity contribution in [3.05, 3.63) is 188 Å². The van der Waals surface area contributed by atoms with Crippen LogP contribution in [0.4, 0.5) is 0 Å². The Morgan fingerprint density at radius 2 is 1.00 bits per heavy atom. The van der Waals surface area contributed by atoms with Crippen molar-refractivity contribution in [2.75, 3.05) is 0 Å². The van der Waals surface area contributed by atoms with Crippen LogP contribution in [0.25, 0.3) is 120 Å². The SMILES string of the molecule is c1ccc(-c2ccc(-c3cc(-c4cc5c(-c6ccc7oc8ccccc8c7c6)nc6ccccc6c5c5c4sc4ccccc45)nc(-c4ccccc4)n3)cc2)cc1. The van der Waals surface area contributed by atoms with Crippen molar-refractivity contribution in [2.45, 2.75) is 0 Å². The summed E-state index contributed by atoms with van der Waals surface area (Å²) in [7, 11) is 0. The van der Waals surface area contributed by atoms with Crippen molar-refractivity contribution in [1.29, 1.82) is 0 Å². The van der Waals surface area contributed by atoms with Crippen molar-refractivity contribution >= 4 is 75.1 Å². The molecular formula is C53H31N3OS. The monoisotopic (exact) mass is 757 g/mol. The van der Waals surface area contributed by atoms with Gasteiger partial charge in [-0.05, 0) is 59.7 Å².